The van der Waals surface area contributed by atoms with E-state index in [1.807, 2.05) is 13.0 Å². The molecule has 1 amide bonds. The highest BCUT2D eigenvalue weighted by atomic mass is 19.1. The third-order valence-electron chi connectivity index (χ3n) is 5.55. The van der Waals surface area contributed by atoms with Crippen molar-refractivity contribution < 1.29 is 27.8 Å². The van der Waals surface area contributed by atoms with E-state index < -0.39 is 40.7 Å². The number of carboxylic acid groups (broad SMARTS) is 1. The molecule has 1 saturated heterocycles. The van der Waals surface area contributed by atoms with E-state index in [0.717, 1.165) is 11.6 Å². The van der Waals surface area contributed by atoms with Gasteiger partial charge in [0, 0.05) is 25.2 Å². The summed E-state index contributed by atoms with van der Waals surface area (Å²) in [5, 5.41) is 9.31. The maximum atomic E-state index is 15.3. The van der Waals surface area contributed by atoms with Crippen molar-refractivity contribution in [2.45, 2.75) is 19.4 Å². The Morgan fingerprint density at radius 1 is 1.38 bits per heavy atom. The number of ether oxygens (including phenoxy) is 1. The van der Waals surface area contributed by atoms with E-state index in [1.54, 1.807) is 16.7 Å². The fourth-order valence-corrected chi connectivity index (χ4v) is 4.06. The van der Waals surface area contributed by atoms with Gasteiger partial charge in [0.1, 0.15) is 11.5 Å². The standard InChI is InChI=1S/C21H18F2N4O5/c1-10-2-3-27-14(7-11-9-26(21(29)30)4-5-31-11)18(25-15(27)6-10)16-12(22)8-13-19(17(16)23)32-20(28)24-13/h2-3,6,8,11H,4-5,7,9H2,1H3,(H,24,28)(H,29,30)/t11-/m0/s1. The van der Waals surface area contributed by atoms with E-state index in [-0.39, 0.29) is 37.3 Å². The number of aryl methyl sites for hydroxylation is 1. The molecule has 0 saturated carbocycles. The Bertz CT molecular complexity index is 1420. The number of nitrogens with one attached hydrogen (secondary N) is 1. The van der Waals surface area contributed by atoms with Crippen LogP contribution in [0.15, 0.2) is 33.6 Å². The molecule has 4 heterocycles. The number of hydrogen-bond donors (Lipinski definition) is 2. The van der Waals surface area contributed by atoms with Gasteiger partial charge < -0.3 is 23.6 Å². The number of morpholine rings is 1. The van der Waals surface area contributed by atoms with Crippen LogP contribution in [-0.2, 0) is 11.2 Å². The minimum atomic E-state index is -1.06. The molecule has 0 unspecified atom stereocenters. The minimum Gasteiger partial charge on any atom is -0.465 e. The highest BCUT2D eigenvalue weighted by Crippen LogP contribution is 2.34. The van der Waals surface area contributed by atoms with Gasteiger partial charge in [0.25, 0.3) is 0 Å². The summed E-state index contributed by atoms with van der Waals surface area (Å²) in [7, 11) is 0. The summed E-state index contributed by atoms with van der Waals surface area (Å²) in [5.74, 6) is -2.85. The van der Waals surface area contributed by atoms with Gasteiger partial charge >= 0.3 is 11.8 Å². The van der Waals surface area contributed by atoms with Crippen LogP contribution in [0, 0.1) is 18.6 Å². The molecule has 1 aromatic carbocycles. The summed E-state index contributed by atoms with van der Waals surface area (Å²) in [6, 6.07) is 4.58. The predicted molar refractivity (Wildman–Crippen MR) is 109 cm³/mol. The second-order valence-corrected chi connectivity index (χ2v) is 7.70. The van der Waals surface area contributed by atoms with Crippen LogP contribution < -0.4 is 5.76 Å². The van der Waals surface area contributed by atoms with Gasteiger partial charge in [-0.3, -0.25) is 4.98 Å². The number of amides is 1. The number of pyridine rings is 1. The summed E-state index contributed by atoms with van der Waals surface area (Å²) in [6.07, 6.45) is 0.313. The number of aromatic amines is 1. The number of benzene rings is 1. The smallest absolute Gasteiger partial charge is 0.417 e. The number of carbonyl (C=O) groups is 1. The van der Waals surface area contributed by atoms with Crippen LogP contribution in [0.25, 0.3) is 28.0 Å². The molecule has 11 heteroatoms. The van der Waals surface area contributed by atoms with Crippen LogP contribution in [0.1, 0.15) is 11.3 Å². The van der Waals surface area contributed by atoms with E-state index in [2.05, 4.69) is 9.97 Å². The highest BCUT2D eigenvalue weighted by molar-refractivity contribution is 5.82. The monoisotopic (exact) mass is 444 g/mol. The quantitative estimate of drug-likeness (QED) is 0.502. The number of aromatic nitrogens is 3. The molecule has 2 N–H and O–H groups in total. The lowest BCUT2D eigenvalue weighted by Gasteiger charge is -2.31. The van der Waals surface area contributed by atoms with Crippen molar-refractivity contribution in [3.8, 4) is 11.3 Å². The lowest BCUT2D eigenvalue weighted by Crippen LogP contribution is -2.45. The zero-order valence-corrected chi connectivity index (χ0v) is 16.9. The molecule has 1 fully saturated rings. The van der Waals surface area contributed by atoms with E-state index >= 15 is 8.78 Å². The van der Waals surface area contributed by atoms with E-state index in [0.29, 0.717) is 11.3 Å². The van der Waals surface area contributed by atoms with Crippen molar-refractivity contribution >= 4 is 22.8 Å². The fourth-order valence-electron chi connectivity index (χ4n) is 4.06. The van der Waals surface area contributed by atoms with Crippen LogP contribution in [0.5, 0.6) is 0 Å². The van der Waals surface area contributed by atoms with Gasteiger partial charge in [-0.2, -0.15) is 0 Å². The zero-order valence-electron chi connectivity index (χ0n) is 16.9. The number of rotatable bonds is 3. The summed E-state index contributed by atoms with van der Waals surface area (Å²) in [6.45, 7) is 2.44. The van der Waals surface area contributed by atoms with Crippen molar-refractivity contribution in [3.05, 3.63) is 57.8 Å². The van der Waals surface area contributed by atoms with Gasteiger partial charge in [-0.15, -0.1) is 0 Å². The van der Waals surface area contributed by atoms with Crippen molar-refractivity contribution in [3.63, 3.8) is 0 Å². The Hall–Kier alpha value is -3.73. The maximum absolute atomic E-state index is 15.3. The van der Waals surface area contributed by atoms with Crippen LogP contribution >= 0.6 is 0 Å². The summed E-state index contributed by atoms with van der Waals surface area (Å²) < 4.78 is 42.6. The molecule has 1 aliphatic rings. The van der Waals surface area contributed by atoms with Gasteiger partial charge in [-0.25, -0.2) is 23.4 Å². The minimum absolute atomic E-state index is 0.0346. The third-order valence-corrected chi connectivity index (χ3v) is 5.55. The van der Waals surface area contributed by atoms with Crippen molar-refractivity contribution in [2.24, 2.45) is 0 Å². The van der Waals surface area contributed by atoms with Crippen LogP contribution in [0.4, 0.5) is 13.6 Å². The van der Waals surface area contributed by atoms with E-state index in [4.69, 9.17) is 9.15 Å². The SMILES string of the molecule is Cc1ccn2c(C[C@H]3CN(C(=O)O)CCO3)c(-c3c(F)cc4[nH]c(=O)oc4c3F)nc2c1. The first-order valence-corrected chi connectivity index (χ1v) is 9.90. The van der Waals surface area contributed by atoms with Gasteiger partial charge in [-0.1, -0.05) is 0 Å². The Morgan fingerprint density at radius 2 is 2.19 bits per heavy atom. The molecule has 4 aromatic rings. The summed E-state index contributed by atoms with van der Waals surface area (Å²) in [5.41, 5.74) is 0.941. The van der Waals surface area contributed by atoms with Crippen LogP contribution in [0.2, 0.25) is 0 Å². The molecular weight excluding hydrogens is 426 g/mol. The molecule has 0 radical (unpaired) electrons. The molecule has 5 rings (SSSR count). The van der Waals surface area contributed by atoms with Crippen molar-refractivity contribution in [2.75, 3.05) is 19.7 Å². The Labute approximate surface area is 178 Å². The average molecular weight is 444 g/mol. The second kappa shape index (κ2) is 7.45. The lowest BCUT2D eigenvalue weighted by molar-refractivity contribution is -0.0214. The van der Waals surface area contributed by atoms with E-state index in [9.17, 15) is 14.7 Å². The first-order chi connectivity index (χ1) is 15.3. The van der Waals surface area contributed by atoms with Gasteiger partial charge in [0.15, 0.2) is 11.4 Å². The zero-order chi connectivity index (χ0) is 22.6. The molecular formula is C21H18F2N4O5. The lowest BCUT2D eigenvalue weighted by atomic mass is 10.0. The number of nitrogens with zero attached hydrogens (tertiary/aromatic N) is 3. The number of H-pyrrole nitrogens is 1. The number of imidazole rings is 1. The molecule has 1 aliphatic heterocycles. The topological polar surface area (TPSA) is 113 Å². The Morgan fingerprint density at radius 3 is 2.97 bits per heavy atom. The number of fused-ring (bicyclic) bond motifs is 2. The van der Waals surface area contributed by atoms with Crippen LogP contribution in [0.3, 0.4) is 0 Å². The van der Waals surface area contributed by atoms with Crippen LogP contribution in [-0.4, -0.2) is 56.3 Å². The molecule has 1 atom stereocenters. The molecule has 166 valence electrons. The van der Waals surface area contributed by atoms with Crippen molar-refractivity contribution in [1.82, 2.24) is 19.3 Å². The Balaban J connectivity index is 1.68. The summed E-state index contributed by atoms with van der Waals surface area (Å²) in [4.78, 5) is 30.8. The van der Waals surface area contributed by atoms with Gasteiger partial charge in [-0.05, 0) is 24.6 Å². The molecule has 0 spiro atoms. The molecule has 0 aliphatic carbocycles. The van der Waals surface area contributed by atoms with Crippen molar-refractivity contribution in [1.29, 1.82) is 0 Å². The highest BCUT2D eigenvalue weighted by Gasteiger charge is 2.29. The Kier molecular flexibility index (Phi) is 4.70. The first-order valence-electron chi connectivity index (χ1n) is 9.90. The predicted octanol–water partition coefficient (Wildman–Crippen LogP) is 2.94. The first kappa shape index (κ1) is 20.2. The largest absolute Gasteiger partial charge is 0.465 e. The second-order valence-electron chi connectivity index (χ2n) is 7.70. The fraction of sp³-hybridized carbons (Fsp3) is 0.286. The summed E-state index contributed by atoms with van der Waals surface area (Å²) >= 11 is 0. The van der Waals surface area contributed by atoms with Gasteiger partial charge in [0.2, 0.25) is 0 Å². The normalized spacial score (nSPS) is 16.8. The maximum Gasteiger partial charge on any atom is 0.417 e. The molecule has 9 nitrogen and oxygen atoms in total. The van der Waals surface area contributed by atoms with E-state index in [1.165, 1.54) is 4.90 Å². The molecule has 3 aromatic heterocycles. The molecule has 0 bridgehead atoms. The number of halogens is 2. The third kappa shape index (κ3) is 3.30. The van der Waals surface area contributed by atoms with Gasteiger partial charge in [0.05, 0.1) is 41.7 Å². The number of oxazole rings is 1. The number of hydrogen-bond acceptors (Lipinski definition) is 5. The molecule has 32 heavy (non-hydrogen) atoms. The average Bonchev–Trinajstić information content (AvgIpc) is 3.28.